The summed E-state index contributed by atoms with van der Waals surface area (Å²) >= 11 is 0. The molecule has 0 radical (unpaired) electrons. The van der Waals surface area contributed by atoms with E-state index in [2.05, 4.69) is 4.98 Å². The van der Waals surface area contributed by atoms with Crippen LogP contribution in [0.1, 0.15) is 5.69 Å². The van der Waals surface area contributed by atoms with Gasteiger partial charge in [-0.3, -0.25) is 4.98 Å². The predicted octanol–water partition coefficient (Wildman–Crippen LogP) is 3.22. The van der Waals surface area contributed by atoms with Gasteiger partial charge in [0.25, 0.3) is 0 Å². The van der Waals surface area contributed by atoms with Crippen molar-refractivity contribution >= 4 is 20.7 Å². The zero-order chi connectivity index (χ0) is 19.1. The number of fused-ring (bicyclic) bond motifs is 1. The maximum Gasteiger partial charge on any atom is 0.176 e. The molecule has 8 heteroatoms. The van der Waals surface area contributed by atoms with Crippen LogP contribution in [0.3, 0.4) is 0 Å². The number of sulfone groups is 1. The summed E-state index contributed by atoms with van der Waals surface area (Å²) in [7, 11) is -3.88. The SMILES string of the molecule is CS(=O)(=O)c1c(-c2cc(F)cc(F)c2)c(CCN)nc2ccc(F)cc12. The summed E-state index contributed by atoms with van der Waals surface area (Å²) in [4.78, 5) is 4.13. The Balaban J connectivity index is 2.54. The third kappa shape index (κ3) is 3.42. The Labute approximate surface area is 148 Å². The zero-order valence-corrected chi connectivity index (χ0v) is 14.6. The fourth-order valence-electron chi connectivity index (χ4n) is 2.95. The highest BCUT2D eigenvalue weighted by Crippen LogP contribution is 2.36. The van der Waals surface area contributed by atoms with E-state index >= 15 is 0 Å². The molecule has 1 aromatic heterocycles. The van der Waals surface area contributed by atoms with Crippen LogP contribution in [0.4, 0.5) is 13.2 Å². The lowest BCUT2D eigenvalue weighted by atomic mass is 9.99. The number of aromatic nitrogens is 1. The molecular formula is C18H15F3N2O2S. The number of nitrogens with two attached hydrogens (primary N) is 1. The van der Waals surface area contributed by atoms with Crippen LogP contribution in [0, 0.1) is 17.5 Å². The van der Waals surface area contributed by atoms with Crippen molar-refractivity contribution < 1.29 is 21.6 Å². The van der Waals surface area contributed by atoms with Crippen molar-refractivity contribution in [2.45, 2.75) is 11.3 Å². The summed E-state index contributed by atoms with van der Waals surface area (Å²) in [6.07, 6.45) is 1.14. The molecule has 0 spiro atoms. The second-order valence-electron chi connectivity index (χ2n) is 5.89. The van der Waals surface area contributed by atoms with Crippen molar-refractivity contribution in [2.24, 2.45) is 5.73 Å². The first-order valence-electron chi connectivity index (χ1n) is 7.69. The highest BCUT2D eigenvalue weighted by atomic mass is 32.2. The Morgan fingerprint density at radius 3 is 2.23 bits per heavy atom. The molecule has 0 atom stereocenters. The fourth-order valence-corrected chi connectivity index (χ4v) is 4.12. The van der Waals surface area contributed by atoms with Crippen LogP contribution in [0.5, 0.6) is 0 Å². The van der Waals surface area contributed by atoms with Gasteiger partial charge in [0.1, 0.15) is 17.5 Å². The molecule has 0 saturated heterocycles. The van der Waals surface area contributed by atoms with Crippen molar-refractivity contribution in [2.75, 3.05) is 12.8 Å². The molecule has 0 aliphatic carbocycles. The van der Waals surface area contributed by atoms with Gasteiger partial charge in [-0.05, 0) is 42.4 Å². The van der Waals surface area contributed by atoms with Gasteiger partial charge in [-0.1, -0.05) is 0 Å². The van der Waals surface area contributed by atoms with Crippen LogP contribution >= 0.6 is 0 Å². The highest BCUT2D eigenvalue weighted by Gasteiger charge is 2.24. The number of hydrogen-bond acceptors (Lipinski definition) is 4. The molecule has 0 unspecified atom stereocenters. The van der Waals surface area contributed by atoms with Gasteiger partial charge in [-0.15, -0.1) is 0 Å². The van der Waals surface area contributed by atoms with Crippen molar-refractivity contribution in [1.82, 2.24) is 4.98 Å². The Morgan fingerprint density at radius 2 is 1.65 bits per heavy atom. The molecule has 0 bridgehead atoms. The molecule has 2 N–H and O–H groups in total. The Morgan fingerprint density at radius 1 is 1.00 bits per heavy atom. The molecule has 4 nitrogen and oxygen atoms in total. The summed E-state index contributed by atoms with van der Waals surface area (Å²) in [5, 5.41) is 0.0490. The quantitative estimate of drug-likeness (QED) is 0.754. The standard InChI is InChI=1S/C18H15F3N2O2S/c1-26(24,25)18-14-9-11(19)2-3-15(14)23-16(4-5-22)17(18)10-6-12(20)8-13(21)7-10/h2-3,6-9H,4-5,22H2,1H3. The van der Waals surface area contributed by atoms with Crippen molar-refractivity contribution in [3.05, 3.63) is 59.5 Å². The second-order valence-corrected chi connectivity index (χ2v) is 7.85. The molecule has 1 heterocycles. The number of pyridine rings is 1. The number of hydrogen-bond donors (Lipinski definition) is 1. The molecule has 136 valence electrons. The lowest BCUT2D eigenvalue weighted by Crippen LogP contribution is -2.11. The summed E-state index contributed by atoms with van der Waals surface area (Å²) in [5.74, 6) is -2.37. The third-order valence-electron chi connectivity index (χ3n) is 3.88. The Hall–Kier alpha value is -2.45. The van der Waals surface area contributed by atoms with Gasteiger partial charge in [0.2, 0.25) is 0 Å². The van der Waals surface area contributed by atoms with Crippen molar-refractivity contribution in [3.8, 4) is 11.1 Å². The van der Waals surface area contributed by atoms with Crippen LogP contribution < -0.4 is 5.73 Å². The van der Waals surface area contributed by atoms with Crippen LogP contribution in [0.15, 0.2) is 41.3 Å². The predicted molar refractivity (Wildman–Crippen MR) is 92.9 cm³/mol. The average molecular weight is 380 g/mol. The smallest absolute Gasteiger partial charge is 0.176 e. The van der Waals surface area contributed by atoms with Gasteiger partial charge in [0, 0.05) is 29.7 Å². The van der Waals surface area contributed by atoms with Crippen LogP contribution in [-0.4, -0.2) is 26.2 Å². The normalized spacial score (nSPS) is 11.9. The zero-order valence-electron chi connectivity index (χ0n) is 13.8. The van der Waals surface area contributed by atoms with E-state index in [-0.39, 0.29) is 45.6 Å². The summed E-state index contributed by atoms with van der Waals surface area (Å²) in [6.45, 7) is 0.147. The lowest BCUT2D eigenvalue weighted by molar-refractivity contribution is 0.583. The number of benzene rings is 2. The molecule has 0 amide bonds. The molecule has 0 aliphatic heterocycles. The van der Waals surface area contributed by atoms with E-state index in [4.69, 9.17) is 5.73 Å². The molecule has 3 aromatic rings. The molecule has 0 fully saturated rings. The van der Waals surface area contributed by atoms with Gasteiger partial charge in [-0.2, -0.15) is 0 Å². The topological polar surface area (TPSA) is 73.0 Å². The largest absolute Gasteiger partial charge is 0.330 e. The third-order valence-corrected chi connectivity index (χ3v) is 5.04. The van der Waals surface area contributed by atoms with Crippen molar-refractivity contribution in [3.63, 3.8) is 0 Å². The maximum absolute atomic E-state index is 13.8. The van der Waals surface area contributed by atoms with E-state index < -0.39 is 27.3 Å². The minimum absolute atomic E-state index is 0.00466. The van der Waals surface area contributed by atoms with Gasteiger partial charge < -0.3 is 5.73 Å². The molecule has 3 rings (SSSR count). The summed E-state index contributed by atoms with van der Waals surface area (Å²) in [5.41, 5.74) is 6.17. The van der Waals surface area contributed by atoms with E-state index in [0.29, 0.717) is 6.07 Å². The maximum atomic E-state index is 13.8. The highest BCUT2D eigenvalue weighted by molar-refractivity contribution is 7.91. The molecular weight excluding hydrogens is 365 g/mol. The first-order valence-corrected chi connectivity index (χ1v) is 9.58. The van der Waals surface area contributed by atoms with E-state index in [0.717, 1.165) is 30.5 Å². The Bertz CT molecular complexity index is 1090. The Kier molecular flexibility index (Phi) is 4.72. The van der Waals surface area contributed by atoms with E-state index in [1.807, 2.05) is 0 Å². The summed E-state index contributed by atoms with van der Waals surface area (Å²) < 4.78 is 66.3. The average Bonchev–Trinajstić information content (AvgIpc) is 2.52. The van der Waals surface area contributed by atoms with Crippen LogP contribution in [-0.2, 0) is 16.3 Å². The van der Waals surface area contributed by atoms with Gasteiger partial charge in [0.15, 0.2) is 9.84 Å². The molecule has 0 aliphatic rings. The van der Waals surface area contributed by atoms with E-state index in [9.17, 15) is 21.6 Å². The van der Waals surface area contributed by atoms with E-state index in [1.165, 1.54) is 6.07 Å². The van der Waals surface area contributed by atoms with Gasteiger partial charge in [-0.25, -0.2) is 21.6 Å². The lowest BCUT2D eigenvalue weighted by Gasteiger charge is -2.16. The number of nitrogens with zero attached hydrogens (tertiary/aromatic N) is 1. The first-order chi connectivity index (χ1) is 12.2. The van der Waals surface area contributed by atoms with E-state index in [1.54, 1.807) is 0 Å². The number of halogens is 3. The molecule has 0 saturated carbocycles. The second kappa shape index (κ2) is 6.69. The summed E-state index contributed by atoms with van der Waals surface area (Å²) in [6, 6.07) is 6.27. The van der Waals surface area contributed by atoms with Gasteiger partial charge in [0.05, 0.1) is 16.1 Å². The van der Waals surface area contributed by atoms with Crippen molar-refractivity contribution in [1.29, 1.82) is 0 Å². The fraction of sp³-hybridized carbons (Fsp3) is 0.167. The number of rotatable bonds is 4. The minimum Gasteiger partial charge on any atom is -0.330 e. The monoisotopic (exact) mass is 380 g/mol. The first kappa shape index (κ1) is 18.3. The molecule has 26 heavy (non-hydrogen) atoms. The molecule has 2 aromatic carbocycles. The minimum atomic E-state index is -3.88. The van der Waals surface area contributed by atoms with Crippen LogP contribution in [0.25, 0.3) is 22.0 Å². The van der Waals surface area contributed by atoms with Crippen LogP contribution in [0.2, 0.25) is 0 Å². The van der Waals surface area contributed by atoms with Gasteiger partial charge >= 0.3 is 0 Å².